The maximum absolute atomic E-state index is 11.4. The Balaban J connectivity index is 2.97. The van der Waals surface area contributed by atoms with E-state index >= 15 is 0 Å². The van der Waals surface area contributed by atoms with E-state index in [0.717, 1.165) is 0 Å². The van der Waals surface area contributed by atoms with Gasteiger partial charge in [-0.05, 0) is 46.9 Å². The molecule has 1 aromatic carbocycles. The van der Waals surface area contributed by atoms with Crippen molar-refractivity contribution in [3.63, 3.8) is 0 Å². The topological polar surface area (TPSA) is 63.3 Å². The van der Waals surface area contributed by atoms with Crippen molar-refractivity contribution in [3.05, 3.63) is 39.6 Å². The molecule has 68 valence electrons. The van der Waals surface area contributed by atoms with Crippen LogP contribution in [0.3, 0.4) is 0 Å². The van der Waals surface area contributed by atoms with Gasteiger partial charge in [0.1, 0.15) is 5.75 Å². The summed E-state index contributed by atoms with van der Waals surface area (Å²) < 4.78 is 0.461. The number of hydrogen-bond acceptors (Lipinski definition) is 3. The predicted octanol–water partition coefficient (Wildman–Crippen LogP) is 1.81. The molecule has 0 aliphatic heterocycles. The number of hydrogen-bond donors (Lipinski definition) is 2. The van der Waals surface area contributed by atoms with Crippen molar-refractivity contribution in [1.29, 1.82) is 0 Å². The van der Waals surface area contributed by atoms with Crippen LogP contribution < -0.4 is 5.73 Å². The van der Waals surface area contributed by atoms with Gasteiger partial charge in [-0.3, -0.25) is 4.79 Å². The van der Waals surface area contributed by atoms with Crippen molar-refractivity contribution in [2.45, 2.75) is 0 Å². The maximum atomic E-state index is 11.4. The summed E-state index contributed by atoms with van der Waals surface area (Å²) in [7, 11) is 0. The van der Waals surface area contributed by atoms with Crippen LogP contribution in [-0.4, -0.2) is 10.9 Å². The average Bonchev–Trinajstić information content (AvgIpc) is 2.17. The van der Waals surface area contributed by atoms with Gasteiger partial charge in [0.2, 0.25) is 5.78 Å². The summed E-state index contributed by atoms with van der Waals surface area (Å²) in [5, 5.41) is 8.98. The minimum absolute atomic E-state index is 0.136. The molecule has 0 unspecified atom stereocenters. The lowest BCUT2D eigenvalue weighted by Gasteiger charge is -1.98. The van der Waals surface area contributed by atoms with Crippen LogP contribution in [0.2, 0.25) is 0 Å². The van der Waals surface area contributed by atoms with Crippen LogP contribution in [0.1, 0.15) is 10.4 Å². The number of halogens is 1. The number of rotatable bonds is 2. The Morgan fingerprint density at radius 3 is 2.38 bits per heavy atom. The Kier molecular flexibility index (Phi) is 3.30. The van der Waals surface area contributed by atoms with E-state index in [4.69, 9.17) is 10.8 Å². The Bertz CT molecular complexity index is 343. The summed E-state index contributed by atoms with van der Waals surface area (Å²) in [6.45, 7) is 0. The molecule has 0 radical (unpaired) electrons. The summed E-state index contributed by atoms with van der Waals surface area (Å²) in [4.78, 5) is 11.4. The molecule has 0 amide bonds. The fourth-order valence-electron chi connectivity index (χ4n) is 0.826. The van der Waals surface area contributed by atoms with Crippen LogP contribution in [0.5, 0.6) is 5.75 Å². The molecule has 0 atom stereocenters. The van der Waals surface area contributed by atoms with E-state index in [-0.39, 0.29) is 11.5 Å². The normalized spacial score (nSPS) is 11.3. The van der Waals surface area contributed by atoms with E-state index in [1.54, 1.807) is 12.1 Å². The molecule has 13 heavy (non-hydrogen) atoms. The van der Waals surface area contributed by atoms with Gasteiger partial charge in [-0.25, -0.2) is 0 Å². The van der Waals surface area contributed by atoms with Crippen LogP contribution in [0.25, 0.3) is 0 Å². The van der Waals surface area contributed by atoms with E-state index in [0.29, 0.717) is 9.14 Å². The minimum Gasteiger partial charge on any atom is -0.508 e. The van der Waals surface area contributed by atoms with Crippen molar-refractivity contribution in [1.82, 2.24) is 0 Å². The average molecular weight is 289 g/mol. The lowest BCUT2D eigenvalue weighted by Crippen LogP contribution is -1.99. The third-order valence-corrected chi connectivity index (χ3v) is 2.34. The van der Waals surface area contributed by atoms with Gasteiger partial charge in [0.05, 0.1) is 3.58 Å². The van der Waals surface area contributed by atoms with Crippen LogP contribution in [0.15, 0.2) is 34.0 Å². The molecule has 0 fully saturated rings. The zero-order valence-electron chi connectivity index (χ0n) is 6.70. The summed E-state index contributed by atoms with van der Waals surface area (Å²) in [6.07, 6.45) is 1.26. The van der Waals surface area contributed by atoms with Gasteiger partial charge in [-0.2, -0.15) is 0 Å². The van der Waals surface area contributed by atoms with Gasteiger partial charge >= 0.3 is 0 Å². The van der Waals surface area contributed by atoms with E-state index in [2.05, 4.69) is 0 Å². The van der Waals surface area contributed by atoms with Gasteiger partial charge in [-0.1, -0.05) is 0 Å². The maximum Gasteiger partial charge on any atom is 0.200 e. The number of carbonyl (C=O) groups is 1. The van der Waals surface area contributed by atoms with Crippen molar-refractivity contribution < 1.29 is 9.90 Å². The molecule has 0 heterocycles. The van der Waals surface area contributed by atoms with Gasteiger partial charge in [-0.15, -0.1) is 0 Å². The standard InChI is InChI=1S/C9H8INO2/c10-8(5-11)9(13)6-1-3-7(12)4-2-6/h1-5,12H,11H2/b8-5-. The smallest absolute Gasteiger partial charge is 0.200 e. The Labute approximate surface area is 89.4 Å². The first-order chi connectivity index (χ1) is 6.15. The molecule has 3 nitrogen and oxygen atoms in total. The Morgan fingerprint density at radius 1 is 1.38 bits per heavy atom. The van der Waals surface area contributed by atoms with Crippen molar-refractivity contribution in [2.24, 2.45) is 5.73 Å². The number of Topliss-reactive ketones (excluding diaryl/α,β-unsaturated/α-hetero) is 1. The highest BCUT2D eigenvalue weighted by molar-refractivity contribution is 14.1. The number of phenolic OH excluding ortho intramolecular Hbond substituents is 1. The second kappa shape index (κ2) is 4.27. The molecule has 0 spiro atoms. The number of carbonyl (C=O) groups excluding carboxylic acids is 1. The summed E-state index contributed by atoms with van der Waals surface area (Å²) in [5.74, 6) is 0.00591. The van der Waals surface area contributed by atoms with Crippen molar-refractivity contribution in [2.75, 3.05) is 0 Å². The Hall–Kier alpha value is -1.04. The highest BCUT2D eigenvalue weighted by atomic mass is 127. The fourth-order valence-corrected chi connectivity index (χ4v) is 1.14. The Morgan fingerprint density at radius 2 is 1.92 bits per heavy atom. The molecule has 0 saturated heterocycles. The largest absolute Gasteiger partial charge is 0.508 e. The zero-order chi connectivity index (χ0) is 9.84. The second-order valence-corrected chi connectivity index (χ2v) is 3.55. The molecule has 0 aromatic heterocycles. The number of nitrogens with two attached hydrogens (primary N) is 1. The van der Waals surface area contributed by atoms with Gasteiger partial charge in [0, 0.05) is 11.8 Å². The number of phenols is 1. The highest BCUT2D eigenvalue weighted by Crippen LogP contribution is 2.16. The van der Waals surface area contributed by atoms with Crippen LogP contribution in [0.4, 0.5) is 0 Å². The monoisotopic (exact) mass is 289 g/mol. The number of aromatic hydroxyl groups is 1. The highest BCUT2D eigenvalue weighted by Gasteiger charge is 2.07. The van der Waals surface area contributed by atoms with Crippen LogP contribution >= 0.6 is 22.6 Å². The predicted molar refractivity (Wildman–Crippen MR) is 58.7 cm³/mol. The molecule has 1 rings (SSSR count). The van der Waals surface area contributed by atoms with E-state index < -0.39 is 0 Å². The third kappa shape index (κ3) is 2.45. The molecular weight excluding hydrogens is 281 g/mol. The second-order valence-electron chi connectivity index (χ2n) is 2.39. The van der Waals surface area contributed by atoms with Crippen molar-refractivity contribution >= 4 is 28.4 Å². The minimum atomic E-state index is -0.136. The first-order valence-electron chi connectivity index (χ1n) is 3.56. The summed E-state index contributed by atoms with van der Waals surface area (Å²) >= 11 is 1.87. The third-order valence-electron chi connectivity index (χ3n) is 1.49. The van der Waals surface area contributed by atoms with Crippen LogP contribution in [0, 0.1) is 0 Å². The lowest BCUT2D eigenvalue weighted by molar-refractivity contribution is 0.104. The van der Waals surface area contributed by atoms with Crippen molar-refractivity contribution in [3.8, 4) is 5.75 Å². The van der Waals surface area contributed by atoms with Gasteiger partial charge < -0.3 is 10.8 Å². The molecule has 0 saturated carbocycles. The molecule has 1 aromatic rings. The van der Waals surface area contributed by atoms with Gasteiger partial charge in [0.15, 0.2) is 0 Å². The zero-order valence-corrected chi connectivity index (χ0v) is 8.86. The van der Waals surface area contributed by atoms with Crippen LogP contribution in [-0.2, 0) is 0 Å². The first kappa shape index (κ1) is 10.0. The molecular formula is C9H8INO2. The summed E-state index contributed by atoms with van der Waals surface area (Å²) in [5.41, 5.74) is 5.72. The lowest BCUT2D eigenvalue weighted by atomic mass is 10.1. The number of allylic oxidation sites excluding steroid dienone is 1. The van der Waals surface area contributed by atoms with E-state index in [9.17, 15) is 4.79 Å². The summed E-state index contributed by atoms with van der Waals surface area (Å²) in [6, 6.07) is 6.04. The quantitative estimate of drug-likeness (QED) is 0.496. The first-order valence-corrected chi connectivity index (χ1v) is 4.64. The molecule has 0 aliphatic rings. The molecule has 0 aliphatic carbocycles. The molecule has 3 N–H and O–H groups in total. The SMILES string of the molecule is N/C=C(\I)C(=O)c1ccc(O)cc1. The molecule has 4 heteroatoms. The molecule has 0 bridgehead atoms. The number of ketones is 1. The number of benzene rings is 1. The van der Waals surface area contributed by atoms with E-state index in [1.807, 2.05) is 22.6 Å². The van der Waals surface area contributed by atoms with Gasteiger partial charge in [0.25, 0.3) is 0 Å². The van der Waals surface area contributed by atoms with E-state index in [1.165, 1.54) is 18.3 Å². The fraction of sp³-hybridized carbons (Fsp3) is 0.